The van der Waals surface area contributed by atoms with E-state index >= 15 is 0 Å². The van der Waals surface area contributed by atoms with Crippen molar-refractivity contribution in [3.05, 3.63) is 77.1 Å². The Balaban J connectivity index is 1.95. The van der Waals surface area contributed by atoms with Gasteiger partial charge in [-0.1, -0.05) is 17.7 Å². The first-order valence-corrected chi connectivity index (χ1v) is 7.60. The molecule has 128 valence electrons. The van der Waals surface area contributed by atoms with Gasteiger partial charge in [-0.25, -0.2) is 0 Å². The molecule has 0 aliphatic rings. The van der Waals surface area contributed by atoms with E-state index in [-0.39, 0.29) is 5.75 Å². The summed E-state index contributed by atoms with van der Waals surface area (Å²) in [5.41, 5.74) is 0.508. The summed E-state index contributed by atoms with van der Waals surface area (Å²) in [5, 5.41) is 10.2. The van der Waals surface area contributed by atoms with Crippen LogP contribution in [0.3, 0.4) is 0 Å². The van der Waals surface area contributed by atoms with Gasteiger partial charge in [-0.15, -0.1) is 0 Å². The van der Waals surface area contributed by atoms with Gasteiger partial charge in [0.2, 0.25) is 0 Å². The SMILES string of the molecule is Oc1cc(Cl)ccc1N=Cc1cccn1-c1cccc(C(F)(F)F)c1. The third-order valence-corrected chi connectivity index (χ3v) is 3.74. The summed E-state index contributed by atoms with van der Waals surface area (Å²) in [6, 6.07) is 12.9. The lowest BCUT2D eigenvalue weighted by Crippen LogP contribution is -2.06. The number of hydrogen-bond donors (Lipinski definition) is 1. The van der Waals surface area contributed by atoms with Crippen LogP contribution in [0.1, 0.15) is 11.3 Å². The van der Waals surface area contributed by atoms with Gasteiger partial charge in [0.25, 0.3) is 0 Å². The molecule has 0 spiro atoms. The van der Waals surface area contributed by atoms with Crippen molar-refractivity contribution in [1.29, 1.82) is 0 Å². The highest BCUT2D eigenvalue weighted by atomic mass is 35.5. The lowest BCUT2D eigenvalue weighted by molar-refractivity contribution is -0.137. The topological polar surface area (TPSA) is 37.5 Å². The molecular formula is C18H12ClF3N2O. The summed E-state index contributed by atoms with van der Waals surface area (Å²) in [6.45, 7) is 0. The van der Waals surface area contributed by atoms with Crippen LogP contribution in [-0.4, -0.2) is 15.9 Å². The van der Waals surface area contributed by atoms with E-state index in [0.29, 0.717) is 22.1 Å². The van der Waals surface area contributed by atoms with Crippen molar-refractivity contribution in [2.45, 2.75) is 6.18 Å². The van der Waals surface area contributed by atoms with Crippen LogP contribution in [-0.2, 0) is 6.18 Å². The van der Waals surface area contributed by atoms with Crippen molar-refractivity contribution in [2.24, 2.45) is 4.99 Å². The van der Waals surface area contributed by atoms with Gasteiger partial charge in [0.15, 0.2) is 0 Å². The van der Waals surface area contributed by atoms with Crippen LogP contribution in [0.5, 0.6) is 5.75 Å². The molecule has 0 radical (unpaired) electrons. The number of halogens is 4. The van der Waals surface area contributed by atoms with Crippen molar-refractivity contribution in [3.63, 3.8) is 0 Å². The number of aromatic hydroxyl groups is 1. The van der Waals surface area contributed by atoms with E-state index in [2.05, 4.69) is 4.99 Å². The van der Waals surface area contributed by atoms with E-state index in [0.717, 1.165) is 12.1 Å². The smallest absolute Gasteiger partial charge is 0.416 e. The highest BCUT2D eigenvalue weighted by Crippen LogP contribution is 2.31. The molecule has 3 nitrogen and oxygen atoms in total. The van der Waals surface area contributed by atoms with Crippen molar-refractivity contribution < 1.29 is 18.3 Å². The summed E-state index contributed by atoms with van der Waals surface area (Å²) >= 11 is 5.77. The second-order valence-corrected chi connectivity index (χ2v) is 5.68. The normalized spacial score (nSPS) is 12.0. The fourth-order valence-corrected chi connectivity index (χ4v) is 2.47. The van der Waals surface area contributed by atoms with Gasteiger partial charge in [-0.2, -0.15) is 13.2 Å². The average molecular weight is 365 g/mol. The number of nitrogens with zero attached hydrogens (tertiary/aromatic N) is 2. The van der Waals surface area contributed by atoms with Crippen LogP contribution in [0, 0.1) is 0 Å². The first kappa shape index (κ1) is 17.1. The molecular weight excluding hydrogens is 353 g/mol. The third kappa shape index (κ3) is 3.85. The van der Waals surface area contributed by atoms with Crippen molar-refractivity contribution in [3.8, 4) is 11.4 Å². The standard InChI is InChI=1S/C18H12ClF3N2O/c19-13-6-7-16(17(25)10-13)23-11-15-5-2-8-24(15)14-4-1-3-12(9-14)18(20,21)22/h1-11,25H. The maximum Gasteiger partial charge on any atom is 0.416 e. The lowest BCUT2D eigenvalue weighted by atomic mass is 10.2. The molecule has 0 unspecified atom stereocenters. The molecule has 0 saturated heterocycles. The molecule has 0 saturated carbocycles. The maximum absolute atomic E-state index is 12.9. The quantitative estimate of drug-likeness (QED) is 0.603. The molecule has 0 atom stereocenters. The van der Waals surface area contributed by atoms with E-state index in [1.54, 1.807) is 41.1 Å². The van der Waals surface area contributed by atoms with Gasteiger partial charge in [-0.05, 0) is 42.5 Å². The zero-order valence-corrected chi connectivity index (χ0v) is 13.5. The Morgan fingerprint density at radius 1 is 1.04 bits per heavy atom. The van der Waals surface area contributed by atoms with Gasteiger partial charge in [-0.3, -0.25) is 4.99 Å². The average Bonchev–Trinajstić information content (AvgIpc) is 3.02. The highest BCUT2D eigenvalue weighted by molar-refractivity contribution is 6.30. The molecule has 1 heterocycles. The molecule has 0 fully saturated rings. The fourth-order valence-electron chi connectivity index (χ4n) is 2.31. The molecule has 1 aromatic heterocycles. The van der Waals surface area contributed by atoms with Crippen LogP contribution in [0.4, 0.5) is 18.9 Å². The van der Waals surface area contributed by atoms with Gasteiger partial charge >= 0.3 is 6.18 Å². The molecule has 2 aromatic carbocycles. The minimum atomic E-state index is -4.41. The van der Waals surface area contributed by atoms with E-state index in [1.807, 2.05) is 0 Å². The Bertz CT molecular complexity index is 932. The molecule has 7 heteroatoms. The van der Waals surface area contributed by atoms with E-state index in [9.17, 15) is 18.3 Å². The van der Waals surface area contributed by atoms with Gasteiger partial charge in [0.1, 0.15) is 11.4 Å². The first-order chi connectivity index (χ1) is 11.8. The highest BCUT2D eigenvalue weighted by Gasteiger charge is 2.30. The number of hydrogen-bond acceptors (Lipinski definition) is 2. The largest absolute Gasteiger partial charge is 0.506 e. The third-order valence-electron chi connectivity index (χ3n) is 3.51. The summed E-state index contributed by atoms with van der Waals surface area (Å²) in [6.07, 6.45) is -1.31. The van der Waals surface area contributed by atoms with Crippen LogP contribution in [0.25, 0.3) is 5.69 Å². The van der Waals surface area contributed by atoms with Gasteiger partial charge < -0.3 is 9.67 Å². The van der Waals surface area contributed by atoms with Crippen LogP contribution >= 0.6 is 11.6 Å². The monoisotopic (exact) mass is 364 g/mol. The number of aliphatic imine (C=N–C) groups is 1. The Hall–Kier alpha value is -2.73. The number of phenolic OH excluding ortho intramolecular Hbond substituents is 1. The molecule has 25 heavy (non-hydrogen) atoms. The number of rotatable bonds is 3. The summed E-state index contributed by atoms with van der Waals surface area (Å²) in [7, 11) is 0. The summed E-state index contributed by atoms with van der Waals surface area (Å²) in [4.78, 5) is 4.17. The number of benzene rings is 2. The molecule has 0 amide bonds. The van der Waals surface area contributed by atoms with Crippen molar-refractivity contribution >= 4 is 23.5 Å². The minimum Gasteiger partial charge on any atom is -0.506 e. The van der Waals surface area contributed by atoms with E-state index < -0.39 is 11.7 Å². The van der Waals surface area contributed by atoms with Crippen LogP contribution in [0.15, 0.2) is 65.8 Å². The molecule has 3 rings (SSSR count). The second-order valence-electron chi connectivity index (χ2n) is 5.24. The Morgan fingerprint density at radius 2 is 1.84 bits per heavy atom. The van der Waals surface area contributed by atoms with Crippen molar-refractivity contribution in [2.75, 3.05) is 0 Å². The molecule has 0 aliphatic heterocycles. The number of alkyl halides is 3. The predicted molar refractivity (Wildman–Crippen MR) is 91.1 cm³/mol. The zero-order chi connectivity index (χ0) is 18.0. The first-order valence-electron chi connectivity index (χ1n) is 7.22. The Morgan fingerprint density at radius 3 is 2.56 bits per heavy atom. The van der Waals surface area contributed by atoms with Crippen LogP contribution in [0.2, 0.25) is 5.02 Å². The van der Waals surface area contributed by atoms with Gasteiger partial charge in [0.05, 0.1) is 17.5 Å². The zero-order valence-electron chi connectivity index (χ0n) is 12.7. The van der Waals surface area contributed by atoms with Gasteiger partial charge in [0, 0.05) is 23.0 Å². The second kappa shape index (κ2) is 6.64. The van der Waals surface area contributed by atoms with Crippen LogP contribution < -0.4 is 0 Å². The minimum absolute atomic E-state index is 0.0825. The summed E-state index contributed by atoms with van der Waals surface area (Å²) < 4.78 is 40.2. The maximum atomic E-state index is 12.9. The molecule has 1 N–H and O–H groups in total. The van der Waals surface area contributed by atoms with E-state index in [4.69, 9.17) is 11.6 Å². The Kier molecular flexibility index (Phi) is 4.55. The molecule has 0 aliphatic carbocycles. The molecule has 0 bridgehead atoms. The summed E-state index contributed by atoms with van der Waals surface area (Å²) in [5.74, 6) is -0.0825. The Labute approximate surface area is 146 Å². The molecule has 3 aromatic rings. The number of aromatic nitrogens is 1. The predicted octanol–water partition coefficient (Wildman–Crippen LogP) is 5.61. The fraction of sp³-hybridized carbons (Fsp3) is 0.0556. The lowest BCUT2D eigenvalue weighted by Gasteiger charge is -2.11. The van der Waals surface area contributed by atoms with E-state index in [1.165, 1.54) is 18.3 Å². The van der Waals surface area contributed by atoms with Crippen molar-refractivity contribution in [1.82, 2.24) is 4.57 Å². The number of phenols is 1.